The fourth-order valence-electron chi connectivity index (χ4n) is 1.04. The summed E-state index contributed by atoms with van der Waals surface area (Å²) in [5.74, 6) is -0.222. The van der Waals surface area contributed by atoms with E-state index in [2.05, 4.69) is 5.32 Å². The smallest absolute Gasteiger partial charge is 0.226 e. The Labute approximate surface area is 93.1 Å². The molecular formula is C10H12N2O2S. The van der Waals surface area contributed by atoms with Gasteiger partial charge in [0, 0.05) is 11.3 Å². The summed E-state index contributed by atoms with van der Waals surface area (Å²) in [7, 11) is 0. The molecule has 0 bridgehead atoms. The van der Waals surface area contributed by atoms with E-state index in [1.165, 1.54) is 0 Å². The van der Waals surface area contributed by atoms with Crippen LogP contribution in [0, 0.1) is 0 Å². The molecule has 0 aliphatic rings. The summed E-state index contributed by atoms with van der Waals surface area (Å²) in [5, 5.41) is 11.2. The summed E-state index contributed by atoms with van der Waals surface area (Å²) in [4.78, 5) is 11.4. The van der Waals surface area contributed by atoms with Crippen LogP contribution in [0.3, 0.4) is 0 Å². The van der Waals surface area contributed by atoms with E-state index >= 15 is 0 Å². The summed E-state index contributed by atoms with van der Waals surface area (Å²) in [6.07, 6.45) is 0.0943. The van der Waals surface area contributed by atoms with Crippen LogP contribution in [0.1, 0.15) is 12.0 Å². The number of carbonyl (C=O) groups is 1. The van der Waals surface area contributed by atoms with E-state index in [0.717, 1.165) is 5.56 Å². The molecule has 0 aromatic heterocycles. The second-order valence-corrected chi connectivity index (χ2v) is 3.40. The highest BCUT2D eigenvalue weighted by Gasteiger charge is 2.01. The number of rotatable bonds is 4. The molecule has 1 rings (SSSR count). The Kier molecular flexibility index (Phi) is 4.20. The van der Waals surface area contributed by atoms with Gasteiger partial charge in [-0.2, -0.15) is 0 Å². The zero-order valence-corrected chi connectivity index (χ0v) is 8.88. The van der Waals surface area contributed by atoms with Crippen molar-refractivity contribution in [1.82, 2.24) is 0 Å². The van der Waals surface area contributed by atoms with Crippen molar-refractivity contribution in [2.45, 2.75) is 6.42 Å². The first-order valence-corrected chi connectivity index (χ1v) is 4.85. The highest BCUT2D eigenvalue weighted by Crippen LogP contribution is 2.09. The summed E-state index contributed by atoms with van der Waals surface area (Å²) in [6, 6.07) is 6.89. The molecule has 0 aliphatic carbocycles. The first kappa shape index (κ1) is 11.6. The van der Waals surface area contributed by atoms with Gasteiger partial charge in [0.25, 0.3) is 0 Å². The summed E-state index contributed by atoms with van der Waals surface area (Å²) in [6.45, 7) is -0.156. The standard InChI is InChI=1S/C10H12N2O2S/c11-10(15)7-1-3-8(4-2-7)12-9(14)5-6-13/h1-4,13H,5-6H2,(H2,11,15)(H,12,14). The van der Waals surface area contributed by atoms with Crippen molar-refractivity contribution in [2.75, 3.05) is 11.9 Å². The van der Waals surface area contributed by atoms with Crippen molar-refractivity contribution in [3.8, 4) is 0 Å². The van der Waals surface area contributed by atoms with Gasteiger partial charge in [-0.3, -0.25) is 4.79 Å². The van der Waals surface area contributed by atoms with Gasteiger partial charge in [0.2, 0.25) is 5.91 Å². The summed E-state index contributed by atoms with van der Waals surface area (Å²) >= 11 is 4.79. The average Bonchev–Trinajstić information content (AvgIpc) is 2.18. The van der Waals surface area contributed by atoms with Gasteiger partial charge < -0.3 is 16.2 Å². The van der Waals surface area contributed by atoms with Crippen LogP contribution >= 0.6 is 12.2 Å². The molecule has 4 N–H and O–H groups in total. The Bertz CT molecular complexity index is 362. The van der Waals surface area contributed by atoms with E-state index in [4.69, 9.17) is 23.1 Å². The minimum Gasteiger partial charge on any atom is -0.396 e. The van der Waals surface area contributed by atoms with Crippen LogP contribution in [0.25, 0.3) is 0 Å². The number of hydrogen-bond donors (Lipinski definition) is 3. The Morgan fingerprint density at radius 3 is 2.47 bits per heavy atom. The predicted octanol–water partition coefficient (Wildman–Crippen LogP) is 0.642. The van der Waals surface area contributed by atoms with E-state index in [-0.39, 0.29) is 18.9 Å². The molecule has 0 heterocycles. The number of nitrogens with two attached hydrogens (primary N) is 1. The van der Waals surface area contributed by atoms with Crippen molar-refractivity contribution in [3.63, 3.8) is 0 Å². The topological polar surface area (TPSA) is 75.3 Å². The first-order chi connectivity index (χ1) is 7.13. The van der Waals surface area contributed by atoms with E-state index in [1.807, 2.05) is 0 Å². The zero-order valence-electron chi connectivity index (χ0n) is 8.06. The fourth-order valence-corrected chi connectivity index (χ4v) is 1.18. The van der Waals surface area contributed by atoms with Gasteiger partial charge in [-0.25, -0.2) is 0 Å². The number of nitrogens with one attached hydrogen (secondary N) is 1. The number of carbonyl (C=O) groups excluding carboxylic acids is 1. The van der Waals surface area contributed by atoms with E-state index in [1.54, 1.807) is 24.3 Å². The molecule has 0 spiro atoms. The van der Waals surface area contributed by atoms with Crippen LogP contribution in [0.15, 0.2) is 24.3 Å². The molecule has 0 unspecified atom stereocenters. The first-order valence-electron chi connectivity index (χ1n) is 4.44. The number of benzene rings is 1. The largest absolute Gasteiger partial charge is 0.396 e. The third-order valence-electron chi connectivity index (χ3n) is 1.79. The van der Waals surface area contributed by atoms with Crippen LogP contribution < -0.4 is 11.1 Å². The molecule has 1 aromatic carbocycles. The maximum Gasteiger partial charge on any atom is 0.226 e. The number of aliphatic hydroxyl groups excluding tert-OH is 1. The van der Waals surface area contributed by atoms with Gasteiger partial charge in [0.05, 0.1) is 13.0 Å². The molecule has 0 radical (unpaired) electrons. The monoisotopic (exact) mass is 224 g/mol. The molecular weight excluding hydrogens is 212 g/mol. The van der Waals surface area contributed by atoms with Gasteiger partial charge in [-0.15, -0.1) is 0 Å². The maximum atomic E-state index is 11.1. The molecule has 4 nitrogen and oxygen atoms in total. The second-order valence-electron chi connectivity index (χ2n) is 2.96. The lowest BCUT2D eigenvalue weighted by Gasteiger charge is -2.04. The summed E-state index contributed by atoms with van der Waals surface area (Å²) in [5.41, 5.74) is 6.84. The Balaban J connectivity index is 2.64. The predicted molar refractivity (Wildman–Crippen MR) is 62.7 cm³/mol. The van der Waals surface area contributed by atoms with Crippen LogP contribution in [-0.2, 0) is 4.79 Å². The lowest BCUT2D eigenvalue weighted by molar-refractivity contribution is -0.116. The van der Waals surface area contributed by atoms with Gasteiger partial charge in [0.15, 0.2) is 0 Å². The normalized spacial score (nSPS) is 9.67. The number of thiocarbonyl (C=S) groups is 1. The van der Waals surface area contributed by atoms with Crippen molar-refractivity contribution in [3.05, 3.63) is 29.8 Å². The van der Waals surface area contributed by atoms with Crippen LogP contribution in [-0.4, -0.2) is 22.6 Å². The SMILES string of the molecule is NC(=S)c1ccc(NC(=O)CCO)cc1. The highest BCUT2D eigenvalue weighted by molar-refractivity contribution is 7.80. The molecule has 80 valence electrons. The number of hydrogen-bond acceptors (Lipinski definition) is 3. The minimum atomic E-state index is -0.222. The molecule has 0 fully saturated rings. The average molecular weight is 224 g/mol. The molecule has 0 saturated carbocycles. The third-order valence-corrected chi connectivity index (χ3v) is 2.03. The van der Waals surface area contributed by atoms with Crippen molar-refractivity contribution < 1.29 is 9.90 Å². The summed E-state index contributed by atoms with van der Waals surface area (Å²) < 4.78 is 0. The molecule has 0 saturated heterocycles. The second kappa shape index (κ2) is 5.43. The zero-order chi connectivity index (χ0) is 11.3. The van der Waals surface area contributed by atoms with Gasteiger partial charge >= 0.3 is 0 Å². The Morgan fingerprint density at radius 1 is 1.40 bits per heavy atom. The van der Waals surface area contributed by atoms with Crippen LogP contribution in [0.5, 0.6) is 0 Å². The van der Waals surface area contributed by atoms with Crippen LogP contribution in [0.2, 0.25) is 0 Å². The van der Waals surface area contributed by atoms with Crippen molar-refractivity contribution >= 4 is 28.8 Å². The molecule has 5 heteroatoms. The van der Waals surface area contributed by atoms with E-state index in [9.17, 15) is 4.79 Å². The number of amides is 1. The van der Waals surface area contributed by atoms with E-state index < -0.39 is 0 Å². The van der Waals surface area contributed by atoms with Crippen LogP contribution in [0.4, 0.5) is 5.69 Å². The lowest BCUT2D eigenvalue weighted by Crippen LogP contribution is -2.13. The van der Waals surface area contributed by atoms with Crippen molar-refractivity contribution in [2.24, 2.45) is 5.73 Å². The maximum absolute atomic E-state index is 11.1. The molecule has 15 heavy (non-hydrogen) atoms. The van der Waals surface area contributed by atoms with Gasteiger partial charge in [-0.05, 0) is 24.3 Å². The lowest BCUT2D eigenvalue weighted by atomic mass is 10.2. The molecule has 0 atom stereocenters. The van der Waals surface area contributed by atoms with E-state index in [0.29, 0.717) is 10.7 Å². The van der Waals surface area contributed by atoms with Gasteiger partial charge in [-0.1, -0.05) is 12.2 Å². The molecule has 1 aromatic rings. The Hall–Kier alpha value is -1.46. The highest BCUT2D eigenvalue weighted by atomic mass is 32.1. The minimum absolute atomic E-state index is 0.0943. The molecule has 1 amide bonds. The fraction of sp³-hybridized carbons (Fsp3) is 0.200. The number of anilines is 1. The van der Waals surface area contributed by atoms with Crippen molar-refractivity contribution in [1.29, 1.82) is 0 Å². The molecule has 0 aliphatic heterocycles. The Morgan fingerprint density at radius 2 is 2.00 bits per heavy atom. The number of aliphatic hydroxyl groups is 1. The van der Waals surface area contributed by atoms with Gasteiger partial charge in [0.1, 0.15) is 4.99 Å². The third kappa shape index (κ3) is 3.65. The quantitative estimate of drug-likeness (QED) is 0.656.